The molecule has 1 unspecified atom stereocenters. The van der Waals surface area contributed by atoms with E-state index in [1.54, 1.807) is 4.90 Å². The van der Waals surface area contributed by atoms with Gasteiger partial charge < -0.3 is 10.0 Å². The predicted molar refractivity (Wildman–Crippen MR) is 97.7 cm³/mol. The predicted octanol–water partition coefficient (Wildman–Crippen LogP) is 3.55. The lowest BCUT2D eigenvalue weighted by Gasteiger charge is -2.31. The normalized spacial score (nSPS) is 18.0. The number of piperidine rings is 1. The van der Waals surface area contributed by atoms with Crippen LogP contribution in [0.1, 0.15) is 24.0 Å². The Labute approximate surface area is 147 Å². The second-order valence-corrected chi connectivity index (χ2v) is 6.26. The van der Waals surface area contributed by atoms with Gasteiger partial charge in [-0.3, -0.25) is 9.59 Å². The van der Waals surface area contributed by atoms with Crippen LogP contribution < -0.4 is 0 Å². The summed E-state index contributed by atoms with van der Waals surface area (Å²) < 4.78 is 0. The van der Waals surface area contributed by atoms with E-state index in [4.69, 9.17) is 0 Å². The second-order valence-electron chi connectivity index (χ2n) is 6.26. The Morgan fingerprint density at radius 1 is 1.00 bits per heavy atom. The summed E-state index contributed by atoms with van der Waals surface area (Å²) in [4.78, 5) is 26.1. The van der Waals surface area contributed by atoms with Crippen molar-refractivity contribution >= 4 is 23.5 Å². The van der Waals surface area contributed by atoms with Gasteiger partial charge in [-0.1, -0.05) is 60.7 Å². The Morgan fingerprint density at radius 2 is 1.64 bits per heavy atom. The molecule has 1 fully saturated rings. The Kier molecular flexibility index (Phi) is 5.29. The SMILES string of the molecule is O=C(O)C1CCCN(C(=O)/C(=C\c2ccccc2)c2ccccc2)C1. The first kappa shape index (κ1) is 17.0. The number of hydrogen-bond donors (Lipinski definition) is 1. The summed E-state index contributed by atoms with van der Waals surface area (Å²) in [7, 11) is 0. The molecular formula is C21H21NO3. The molecule has 4 nitrogen and oxygen atoms in total. The number of carbonyl (C=O) groups excluding carboxylic acids is 1. The average Bonchev–Trinajstić information content (AvgIpc) is 2.67. The lowest BCUT2D eigenvalue weighted by Crippen LogP contribution is -2.42. The van der Waals surface area contributed by atoms with Crippen molar-refractivity contribution < 1.29 is 14.7 Å². The molecule has 1 aliphatic rings. The number of carboxylic acid groups (broad SMARTS) is 1. The molecule has 0 spiro atoms. The quantitative estimate of drug-likeness (QED) is 0.687. The van der Waals surface area contributed by atoms with Crippen LogP contribution in [0, 0.1) is 5.92 Å². The van der Waals surface area contributed by atoms with Gasteiger partial charge in [-0.25, -0.2) is 0 Å². The van der Waals surface area contributed by atoms with Crippen molar-refractivity contribution in [3.05, 3.63) is 71.8 Å². The third kappa shape index (κ3) is 4.15. The summed E-state index contributed by atoms with van der Waals surface area (Å²) in [6, 6.07) is 19.2. The number of amides is 1. The van der Waals surface area contributed by atoms with Crippen LogP contribution in [0.2, 0.25) is 0 Å². The van der Waals surface area contributed by atoms with Crippen LogP contribution in [0.25, 0.3) is 11.6 Å². The summed E-state index contributed by atoms with van der Waals surface area (Å²) in [6.07, 6.45) is 3.22. The number of carboxylic acids is 1. The van der Waals surface area contributed by atoms with E-state index in [1.165, 1.54) is 0 Å². The molecule has 4 heteroatoms. The monoisotopic (exact) mass is 335 g/mol. The van der Waals surface area contributed by atoms with Crippen LogP contribution in [0.3, 0.4) is 0 Å². The van der Waals surface area contributed by atoms with Crippen molar-refractivity contribution in [1.82, 2.24) is 4.90 Å². The highest BCUT2D eigenvalue weighted by atomic mass is 16.4. The average molecular weight is 335 g/mol. The van der Waals surface area contributed by atoms with Crippen LogP contribution in [0.5, 0.6) is 0 Å². The fourth-order valence-corrected chi connectivity index (χ4v) is 3.14. The van der Waals surface area contributed by atoms with Crippen molar-refractivity contribution in [3.63, 3.8) is 0 Å². The molecule has 25 heavy (non-hydrogen) atoms. The Bertz CT molecular complexity index is 768. The van der Waals surface area contributed by atoms with Gasteiger partial charge in [0, 0.05) is 18.7 Å². The molecule has 0 bridgehead atoms. The van der Waals surface area contributed by atoms with Gasteiger partial charge in [-0.15, -0.1) is 0 Å². The Morgan fingerprint density at radius 3 is 2.28 bits per heavy atom. The zero-order valence-corrected chi connectivity index (χ0v) is 14.0. The Balaban J connectivity index is 1.93. The van der Waals surface area contributed by atoms with E-state index >= 15 is 0 Å². The van der Waals surface area contributed by atoms with Crippen molar-refractivity contribution in [2.75, 3.05) is 13.1 Å². The van der Waals surface area contributed by atoms with Crippen molar-refractivity contribution in [2.24, 2.45) is 5.92 Å². The third-order valence-electron chi connectivity index (χ3n) is 4.48. The van der Waals surface area contributed by atoms with Gasteiger partial charge in [-0.05, 0) is 30.0 Å². The molecular weight excluding hydrogens is 314 g/mol. The third-order valence-corrected chi connectivity index (χ3v) is 4.48. The van der Waals surface area contributed by atoms with Crippen LogP contribution in [-0.4, -0.2) is 35.0 Å². The minimum atomic E-state index is -0.828. The maximum atomic E-state index is 13.1. The topological polar surface area (TPSA) is 57.6 Å². The molecule has 1 atom stereocenters. The number of hydrogen-bond acceptors (Lipinski definition) is 2. The number of aliphatic carboxylic acids is 1. The van der Waals surface area contributed by atoms with Gasteiger partial charge in [0.1, 0.15) is 0 Å². The number of carbonyl (C=O) groups is 2. The molecule has 1 heterocycles. The summed E-state index contributed by atoms with van der Waals surface area (Å²) in [5.74, 6) is -1.42. The molecule has 1 aliphatic heterocycles. The van der Waals surface area contributed by atoms with Crippen LogP contribution in [-0.2, 0) is 9.59 Å². The highest BCUT2D eigenvalue weighted by Gasteiger charge is 2.29. The molecule has 3 rings (SSSR count). The molecule has 1 saturated heterocycles. The smallest absolute Gasteiger partial charge is 0.308 e. The number of rotatable bonds is 4. The number of likely N-dealkylation sites (tertiary alicyclic amines) is 1. The standard InChI is InChI=1S/C21H21NO3/c23-20(22-13-7-12-18(15-22)21(24)25)19(17-10-5-2-6-11-17)14-16-8-3-1-4-9-16/h1-6,8-11,14,18H,7,12-13,15H2,(H,24,25)/b19-14-. The number of nitrogens with zero attached hydrogens (tertiary/aromatic N) is 1. The first-order valence-electron chi connectivity index (χ1n) is 8.49. The first-order chi connectivity index (χ1) is 12.1. The summed E-state index contributed by atoms with van der Waals surface area (Å²) in [5, 5.41) is 9.28. The summed E-state index contributed by atoms with van der Waals surface area (Å²) in [6.45, 7) is 0.870. The fourth-order valence-electron chi connectivity index (χ4n) is 3.14. The molecule has 0 saturated carbocycles. The zero-order chi connectivity index (χ0) is 17.6. The first-order valence-corrected chi connectivity index (χ1v) is 8.49. The van der Waals surface area contributed by atoms with E-state index in [0.29, 0.717) is 18.5 Å². The summed E-state index contributed by atoms with van der Waals surface area (Å²) in [5.41, 5.74) is 2.38. The van der Waals surface area contributed by atoms with Crippen molar-refractivity contribution in [3.8, 4) is 0 Å². The highest BCUT2D eigenvalue weighted by Crippen LogP contribution is 2.24. The molecule has 0 radical (unpaired) electrons. The van der Waals surface area contributed by atoms with E-state index in [0.717, 1.165) is 17.5 Å². The summed E-state index contributed by atoms with van der Waals surface area (Å²) >= 11 is 0. The second kappa shape index (κ2) is 7.79. The van der Waals surface area contributed by atoms with Gasteiger partial charge in [-0.2, -0.15) is 0 Å². The number of benzene rings is 2. The van der Waals surface area contributed by atoms with Crippen LogP contribution in [0.4, 0.5) is 0 Å². The minimum Gasteiger partial charge on any atom is -0.481 e. The largest absolute Gasteiger partial charge is 0.481 e. The molecule has 0 aromatic heterocycles. The van der Waals surface area contributed by atoms with E-state index < -0.39 is 11.9 Å². The van der Waals surface area contributed by atoms with E-state index in [2.05, 4.69) is 0 Å². The molecule has 0 aliphatic carbocycles. The zero-order valence-electron chi connectivity index (χ0n) is 14.0. The van der Waals surface area contributed by atoms with Gasteiger partial charge >= 0.3 is 5.97 Å². The van der Waals surface area contributed by atoms with Crippen molar-refractivity contribution in [2.45, 2.75) is 12.8 Å². The molecule has 128 valence electrons. The molecule has 2 aromatic carbocycles. The van der Waals surface area contributed by atoms with Gasteiger partial charge in [0.05, 0.1) is 5.92 Å². The van der Waals surface area contributed by atoms with Crippen LogP contribution in [0.15, 0.2) is 60.7 Å². The van der Waals surface area contributed by atoms with Gasteiger partial charge in [0.2, 0.25) is 0 Å². The van der Waals surface area contributed by atoms with Gasteiger partial charge in [0.15, 0.2) is 0 Å². The molecule has 1 N–H and O–H groups in total. The maximum Gasteiger partial charge on any atom is 0.308 e. The van der Waals surface area contributed by atoms with E-state index in [-0.39, 0.29) is 12.5 Å². The van der Waals surface area contributed by atoms with Crippen LogP contribution >= 0.6 is 0 Å². The lowest BCUT2D eigenvalue weighted by atomic mass is 9.95. The maximum absolute atomic E-state index is 13.1. The van der Waals surface area contributed by atoms with E-state index in [9.17, 15) is 14.7 Å². The molecule has 1 amide bonds. The van der Waals surface area contributed by atoms with E-state index in [1.807, 2.05) is 66.7 Å². The highest BCUT2D eigenvalue weighted by molar-refractivity contribution is 6.24. The van der Waals surface area contributed by atoms with Crippen molar-refractivity contribution in [1.29, 1.82) is 0 Å². The Hall–Kier alpha value is -2.88. The lowest BCUT2D eigenvalue weighted by molar-refractivity contribution is -0.144. The van der Waals surface area contributed by atoms with Gasteiger partial charge in [0.25, 0.3) is 5.91 Å². The fraction of sp³-hybridized carbons (Fsp3) is 0.238. The minimum absolute atomic E-state index is 0.110. The molecule has 2 aromatic rings.